The molecule has 1 aromatic rings. The van der Waals surface area contributed by atoms with Crippen molar-refractivity contribution in [2.75, 3.05) is 19.6 Å². The van der Waals surface area contributed by atoms with E-state index in [1.807, 2.05) is 13.8 Å². The van der Waals surface area contributed by atoms with Crippen LogP contribution in [-0.2, 0) is 9.59 Å². The summed E-state index contributed by atoms with van der Waals surface area (Å²) in [5, 5.41) is 8.80. The standard InChI is InChI=1S/C15H19N3O4/c1-9-6-12(7-10(2)16-9)15(22)18-5-4-17(8-13(19)20)14(21)11(18)3/h6-7,11H,4-5,8H2,1-3H3,(H,19,20)/t11-/m1/s1. The van der Waals surface area contributed by atoms with Crippen molar-refractivity contribution < 1.29 is 19.5 Å². The van der Waals surface area contributed by atoms with E-state index in [1.165, 1.54) is 9.80 Å². The van der Waals surface area contributed by atoms with Crippen molar-refractivity contribution >= 4 is 17.8 Å². The van der Waals surface area contributed by atoms with Crippen molar-refractivity contribution in [3.8, 4) is 0 Å². The number of carbonyl (C=O) groups excluding carboxylic acids is 2. The first-order chi connectivity index (χ1) is 10.3. The Morgan fingerprint density at radius 2 is 1.86 bits per heavy atom. The second-order valence-electron chi connectivity index (χ2n) is 5.47. The third-order valence-electron chi connectivity index (χ3n) is 3.66. The molecule has 0 aromatic carbocycles. The second kappa shape index (κ2) is 6.13. The number of hydrogen-bond donors (Lipinski definition) is 1. The smallest absolute Gasteiger partial charge is 0.323 e. The average molecular weight is 305 g/mol. The fourth-order valence-electron chi connectivity index (χ4n) is 2.65. The number of carbonyl (C=O) groups is 3. The minimum Gasteiger partial charge on any atom is -0.480 e. The summed E-state index contributed by atoms with van der Waals surface area (Å²) in [6.07, 6.45) is 0. The van der Waals surface area contributed by atoms with Crippen molar-refractivity contribution in [2.45, 2.75) is 26.8 Å². The number of amides is 2. The van der Waals surface area contributed by atoms with Gasteiger partial charge in [0, 0.05) is 30.0 Å². The van der Waals surface area contributed by atoms with E-state index in [9.17, 15) is 14.4 Å². The highest BCUT2D eigenvalue weighted by atomic mass is 16.4. The average Bonchev–Trinajstić information content (AvgIpc) is 2.42. The number of aliphatic carboxylic acids is 1. The first kappa shape index (κ1) is 15.9. The van der Waals surface area contributed by atoms with Gasteiger partial charge in [0.2, 0.25) is 5.91 Å². The van der Waals surface area contributed by atoms with Gasteiger partial charge in [-0.15, -0.1) is 0 Å². The molecule has 1 atom stereocenters. The molecule has 0 unspecified atom stereocenters. The van der Waals surface area contributed by atoms with Gasteiger partial charge < -0.3 is 14.9 Å². The molecule has 1 fully saturated rings. The maximum atomic E-state index is 12.6. The maximum Gasteiger partial charge on any atom is 0.323 e. The van der Waals surface area contributed by atoms with E-state index in [2.05, 4.69) is 4.98 Å². The van der Waals surface area contributed by atoms with E-state index in [4.69, 9.17) is 5.11 Å². The third-order valence-corrected chi connectivity index (χ3v) is 3.66. The minimum atomic E-state index is -1.05. The van der Waals surface area contributed by atoms with Crippen LogP contribution >= 0.6 is 0 Å². The summed E-state index contributed by atoms with van der Waals surface area (Å²) in [4.78, 5) is 42.5. The van der Waals surface area contributed by atoms with E-state index in [1.54, 1.807) is 19.1 Å². The van der Waals surface area contributed by atoms with Crippen LogP contribution in [0, 0.1) is 13.8 Å². The normalized spacial score (nSPS) is 18.5. The van der Waals surface area contributed by atoms with E-state index in [0.717, 1.165) is 11.4 Å². The summed E-state index contributed by atoms with van der Waals surface area (Å²) in [7, 11) is 0. The van der Waals surface area contributed by atoms with Crippen LogP contribution in [0.5, 0.6) is 0 Å². The van der Waals surface area contributed by atoms with Crippen molar-refractivity contribution in [3.63, 3.8) is 0 Å². The lowest BCUT2D eigenvalue weighted by molar-refractivity contribution is -0.148. The molecule has 0 radical (unpaired) electrons. The molecule has 7 nitrogen and oxygen atoms in total. The van der Waals surface area contributed by atoms with Crippen LogP contribution in [0.25, 0.3) is 0 Å². The predicted octanol–water partition coefficient (Wildman–Crippen LogP) is 0.456. The Balaban J connectivity index is 2.18. The zero-order valence-electron chi connectivity index (χ0n) is 12.9. The van der Waals surface area contributed by atoms with Gasteiger partial charge in [-0.1, -0.05) is 0 Å². The number of aryl methyl sites for hydroxylation is 2. The highest BCUT2D eigenvalue weighted by Crippen LogP contribution is 2.16. The van der Waals surface area contributed by atoms with Gasteiger partial charge in [0.15, 0.2) is 0 Å². The molecule has 1 aromatic heterocycles. The number of rotatable bonds is 3. The number of nitrogens with zero attached hydrogens (tertiary/aromatic N) is 3. The van der Waals surface area contributed by atoms with Crippen molar-refractivity contribution in [1.82, 2.24) is 14.8 Å². The molecule has 1 aliphatic rings. The van der Waals surface area contributed by atoms with Crippen LogP contribution in [0.3, 0.4) is 0 Å². The number of pyridine rings is 1. The maximum absolute atomic E-state index is 12.6. The van der Waals surface area contributed by atoms with Gasteiger partial charge in [-0.3, -0.25) is 19.4 Å². The molecule has 22 heavy (non-hydrogen) atoms. The van der Waals surface area contributed by atoms with Gasteiger partial charge in [0.25, 0.3) is 5.91 Å². The molecule has 7 heteroatoms. The van der Waals surface area contributed by atoms with Crippen molar-refractivity contribution in [2.24, 2.45) is 0 Å². The summed E-state index contributed by atoms with van der Waals surface area (Å²) in [6, 6.07) is 2.71. The zero-order chi connectivity index (χ0) is 16.4. The molecule has 0 aliphatic carbocycles. The SMILES string of the molecule is Cc1cc(C(=O)N2CCN(CC(=O)O)C(=O)[C@H]2C)cc(C)n1. The van der Waals surface area contributed by atoms with Gasteiger partial charge in [0.1, 0.15) is 12.6 Å². The molecular weight excluding hydrogens is 286 g/mol. The number of carboxylic acid groups (broad SMARTS) is 1. The summed E-state index contributed by atoms with van der Waals surface area (Å²) in [5.74, 6) is -1.63. The quantitative estimate of drug-likeness (QED) is 0.876. The fraction of sp³-hybridized carbons (Fsp3) is 0.467. The van der Waals surface area contributed by atoms with Gasteiger partial charge in [-0.25, -0.2) is 0 Å². The van der Waals surface area contributed by atoms with Crippen LogP contribution in [0.15, 0.2) is 12.1 Å². The number of piperazine rings is 1. The topological polar surface area (TPSA) is 90.8 Å². The Bertz CT molecular complexity index is 609. The monoisotopic (exact) mass is 305 g/mol. The highest BCUT2D eigenvalue weighted by Gasteiger charge is 2.35. The first-order valence-electron chi connectivity index (χ1n) is 7.06. The molecule has 2 rings (SSSR count). The lowest BCUT2D eigenvalue weighted by Gasteiger charge is -2.38. The number of carboxylic acids is 1. The molecule has 0 spiro atoms. The molecule has 1 aliphatic heterocycles. The van der Waals surface area contributed by atoms with E-state index in [-0.39, 0.29) is 24.9 Å². The summed E-state index contributed by atoms with van der Waals surface area (Å²) >= 11 is 0. The summed E-state index contributed by atoms with van der Waals surface area (Å²) < 4.78 is 0. The number of aromatic nitrogens is 1. The summed E-state index contributed by atoms with van der Waals surface area (Å²) in [6.45, 7) is 5.45. The molecule has 0 bridgehead atoms. The fourth-order valence-corrected chi connectivity index (χ4v) is 2.65. The number of hydrogen-bond acceptors (Lipinski definition) is 4. The van der Waals surface area contributed by atoms with Crippen LogP contribution in [-0.4, -0.2) is 63.4 Å². The first-order valence-corrected chi connectivity index (χ1v) is 7.06. The van der Waals surface area contributed by atoms with E-state index in [0.29, 0.717) is 12.1 Å². The molecule has 0 saturated carbocycles. The van der Waals surface area contributed by atoms with Gasteiger partial charge in [-0.2, -0.15) is 0 Å². The van der Waals surface area contributed by atoms with Gasteiger partial charge >= 0.3 is 5.97 Å². The molecule has 2 amide bonds. The Kier molecular flexibility index (Phi) is 4.44. The Labute approximate surface area is 128 Å². The Morgan fingerprint density at radius 3 is 2.41 bits per heavy atom. The zero-order valence-corrected chi connectivity index (χ0v) is 12.9. The van der Waals surface area contributed by atoms with E-state index >= 15 is 0 Å². The Morgan fingerprint density at radius 1 is 1.27 bits per heavy atom. The predicted molar refractivity (Wildman–Crippen MR) is 78.4 cm³/mol. The van der Waals surface area contributed by atoms with Crippen molar-refractivity contribution in [1.29, 1.82) is 0 Å². The van der Waals surface area contributed by atoms with E-state index < -0.39 is 12.0 Å². The van der Waals surface area contributed by atoms with Crippen LogP contribution in [0.1, 0.15) is 28.7 Å². The lowest BCUT2D eigenvalue weighted by atomic mass is 10.1. The molecular formula is C15H19N3O4. The lowest BCUT2D eigenvalue weighted by Crippen LogP contribution is -2.58. The minimum absolute atomic E-state index is 0.226. The molecule has 2 heterocycles. The molecule has 118 valence electrons. The Hall–Kier alpha value is -2.44. The highest BCUT2D eigenvalue weighted by molar-refractivity contribution is 5.98. The second-order valence-corrected chi connectivity index (χ2v) is 5.47. The molecule has 1 N–H and O–H groups in total. The van der Waals surface area contributed by atoms with Crippen LogP contribution < -0.4 is 0 Å². The van der Waals surface area contributed by atoms with Gasteiger partial charge in [-0.05, 0) is 32.9 Å². The van der Waals surface area contributed by atoms with Crippen molar-refractivity contribution in [3.05, 3.63) is 29.1 Å². The van der Waals surface area contributed by atoms with Gasteiger partial charge in [0.05, 0.1) is 0 Å². The summed E-state index contributed by atoms with van der Waals surface area (Å²) in [5.41, 5.74) is 1.98. The van der Waals surface area contributed by atoms with Crippen LogP contribution in [0.2, 0.25) is 0 Å². The largest absolute Gasteiger partial charge is 0.480 e. The van der Waals surface area contributed by atoms with Crippen LogP contribution in [0.4, 0.5) is 0 Å². The molecule has 1 saturated heterocycles. The third kappa shape index (κ3) is 3.24.